The maximum Gasteiger partial charge on any atom is 0.248 e. The van der Waals surface area contributed by atoms with Crippen molar-refractivity contribution in [3.8, 4) is 5.88 Å². The Balaban J connectivity index is 1.45. The SMILES string of the molecule is COc1ccnc(N2CCN(C(=O)COCC3CC3)CC2)n1. The molecule has 1 aliphatic carbocycles. The minimum atomic E-state index is 0.0758. The van der Waals surface area contributed by atoms with Crippen molar-refractivity contribution in [3.05, 3.63) is 12.3 Å². The van der Waals surface area contributed by atoms with Gasteiger partial charge in [-0.05, 0) is 18.8 Å². The third kappa shape index (κ3) is 3.85. The lowest BCUT2D eigenvalue weighted by atomic mass is 10.3. The number of anilines is 1. The fraction of sp³-hybridized carbons (Fsp3) is 0.667. The number of hydrogen-bond donors (Lipinski definition) is 0. The van der Waals surface area contributed by atoms with Crippen LogP contribution in [-0.4, -0.2) is 67.3 Å². The average Bonchev–Trinajstić information content (AvgIpc) is 3.39. The first kappa shape index (κ1) is 15.0. The Labute approximate surface area is 130 Å². The summed E-state index contributed by atoms with van der Waals surface area (Å²) in [6.45, 7) is 3.72. The Morgan fingerprint density at radius 2 is 2.09 bits per heavy atom. The second kappa shape index (κ2) is 6.91. The Morgan fingerprint density at radius 1 is 1.32 bits per heavy atom. The zero-order valence-electron chi connectivity index (χ0n) is 12.9. The van der Waals surface area contributed by atoms with E-state index in [1.54, 1.807) is 19.4 Å². The van der Waals surface area contributed by atoms with Crippen LogP contribution >= 0.6 is 0 Å². The highest BCUT2D eigenvalue weighted by molar-refractivity contribution is 5.77. The maximum absolute atomic E-state index is 12.1. The molecule has 1 saturated carbocycles. The number of piperazine rings is 1. The highest BCUT2D eigenvalue weighted by atomic mass is 16.5. The highest BCUT2D eigenvalue weighted by Gasteiger charge is 2.25. The summed E-state index contributed by atoms with van der Waals surface area (Å²) in [7, 11) is 1.59. The normalized spacial score (nSPS) is 18.4. The summed E-state index contributed by atoms with van der Waals surface area (Å²) in [4.78, 5) is 24.6. The maximum atomic E-state index is 12.1. The molecule has 2 aliphatic rings. The van der Waals surface area contributed by atoms with E-state index in [1.807, 2.05) is 4.90 Å². The number of carbonyl (C=O) groups is 1. The Morgan fingerprint density at radius 3 is 2.77 bits per heavy atom. The average molecular weight is 306 g/mol. The lowest BCUT2D eigenvalue weighted by Gasteiger charge is -2.34. The van der Waals surface area contributed by atoms with E-state index in [0.29, 0.717) is 30.8 Å². The second-order valence-electron chi connectivity index (χ2n) is 5.73. The predicted octanol–water partition coefficient (Wildman–Crippen LogP) is 0.560. The highest BCUT2D eigenvalue weighted by Crippen LogP contribution is 2.28. The van der Waals surface area contributed by atoms with Crippen molar-refractivity contribution in [2.75, 3.05) is 51.4 Å². The minimum Gasteiger partial charge on any atom is -0.481 e. The number of hydrogen-bond acceptors (Lipinski definition) is 6. The number of ether oxygens (including phenoxy) is 2. The summed E-state index contributed by atoms with van der Waals surface area (Å²) in [5.41, 5.74) is 0. The van der Waals surface area contributed by atoms with Gasteiger partial charge in [0.2, 0.25) is 17.7 Å². The van der Waals surface area contributed by atoms with Gasteiger partial charge in [-0.1, -0.05) is 0 Å². The first-order valence-electron chi connectivity index (χ1n) is 7.74. The smallest absolute Gasteiger partial charge is 0.248 e. The molecule has 0 unspecified atom stereocenters. The van der Waals surface area contributed by atoms with E-state index < -0.39 is 0 Å². The van der Waals surface area contributed by atoms with E-state index in [9.17, 15) is 4.79 Å². The van der Waals surface area contributed by atoms with Crippen LogP contribution < -0.4 is 9.64 Å². The van der Waals surface area contributed by atoms with Crippen molar-refractivity contribution in [3.63, 3.8) is 0 Å². The molecule has 0 bridgehead atoms. The molecule has 0 N–H and O–H groups in total. The summed E-state index contributed by atoms with van der Waals surface area (Å²) in [6, 6.07) is 1.72. The molecule has 7 heteroatoms. The fourth-order valence-electron chi connectivity index (χ4n) is 2.44. The van der Waals surface area contributed by atoms with E-state index in [1.165, 1.54) is 12.8 Å². The first-order chi connectivity index (χ1) is 10.8. The quantitative estimate of drug-likeness (QED) is 0.765. The van der Waals surface area contributed by atoms with Crippen LogP contribution in [0, 0.1) is 5.92 Å². The molecule has 1 aliphatic heterocycles. The van der Waals surface area contributed by atoms with Crippen molar-refractivity contribution in [2.24, 2.45) is 5.92 Å². The molecule has 0 atom stereocenters. The van der Waals surface area contributed by atoms with Crippen molar-refractivity contribution in [2.45, 2.75) is 12.8 Å². The lowest BCUT2D eigenvalue weighted by molar-refractivity contribution is -0.136. The zero-order chi connectivity index (χ0) is 15.4. The minimum absolute atomic E-state index is 0.0758. The van der Waals surface area contributed by atoms with Crippen molar-refractivity contribution >= 4 is 11.9 Å². The number of amides is 1. The monoisotopic (exact) mass is 306 g/mol. The standard InChI is InChI=1S/C15H22N4O3/c1-21-13-4-5-16-15(17-13)19-8-6-18(7-9-19)14(20)11-22-10-12-2-3-12/h4-5,12H,2-3,6-11H2,1H3. The van der Waals surface area contributed by atoms with Gasteiger partial charge in [-0.3, -0.25) is 4.79 Å². The topological polar surface area (TPSA) is 67.8 Å². The molecule has 0 aromatic carbocycles. The van der Waals surface area contributed by atoms with Crippen LogP contribution in [0.25, 0.3) is 0 Å². The molecule has 7 nitrogen and oxygen atoms in total. The number of carbonyl (C=O) groups excluding carboxylic acids is 1. The van der Waals surface area contributed by atoms with Gasteiger partial charge < -0.3 is 19.3 Å². The van der Waals surface area contributed by atoms with Gasteiger partial charge in [0.25, 0.3) is 0 Å². The molecule has 1 amide bonds. The van der Waals surface area contributed by atoms with Crippen molar-refractivity contribution in [1.82, 2.24) is 14.9 Å². The molecule has 0 radical (unpaired) electrons. The van der Waals surface area contributed by atoms with Crippen LogP contribution in [0.3, 0.4) is 0 Å². The summed E-state index contributed by atoms with van der Waals surface area (Å²) in [5, 5.41) is 0. The molecule has 120 valence electrons. The molecule has 2 heterocycles. The predicted molar refractivity (Wildman–Crippen MR) is 80.9 cm³/mol. The van der Waals surface area contributed by atoms with Gasteiger partial charge in [-0.2, -0.15) is 4.98 Å². The Hall–Kier alpha value is -1.89. The summed E-state index contributed by atoms with van der Waals surface area (Å²) < 4.78 is 10.6. The third-order valence-corrected chi connectivity index (χ3v) is 4.02. The van der Waals surface area contributed by atoms with E-state index in [4.69, 9.17) is 9.47 Å². The van der Waals surface area contributed by atoms with Crippen LogP contribution in [0.15, 0.2) is 12.3 Å². The largest absolute Gasteiger partial charge is 0.481 e. The van der Waals surface area contributed by atoms with Crippen molar-refractivity contribution < 1.29 is 14.3 Å². The van der Waals surface area contributed by atoms with Crippen LogP contribution in [0.4, 0.5) is 5.95 Å². The molecule has 22 heavy (non-hydrogen) atoms. The number of nitrogens with zero attached hydrogens (tertiary/aromatic N) is 4. The molecule has 0 spiro atoms. The van der Waals surface area contributed by atoms with Gasteiger partial charge in [0.05, 0.1) is 13.7 Å². The fourth-order valence-corrected chi connectivity index (χ4v) is 2.44. The van der Waals surface area contributed by atoms with E-state index in [0.717, 1.165) is 19.7 Å². The molecular weight excluding hydrogens is 284 g/mol. The van der Waals surface area contributed by atoms with Gasteiger partial charge in [-0.25, -0.2) is 4.98 Å². The second-order valence-corrected chi connectivity index (χ2v) is 5.73. The van der Waals surface area contributed by atoms with Crippen LogP contribution in [0.5, 0.6) is 5.88 Å². The van der Waals surface area contributed by atoms with Gasteiger partial charge >= 0.3 is 0 Å². The summed E-state index contributed by atoms with van der Waals surface area (Å²) >= 11 is 0. The molecule has 2 fully saturated rings. The molecule has 3 rings (SSSR count). The van der Waals surface area contributed by atoms with E-state index >= 15 is 0 Å². The molecule has 1 aromatic rings. The first-order valence-corrected chi connectivity index (χ1v) is 7.74. The molecular formula is C15H22N4O3. The van der Waals surface area contributed by atoms with Gasteiger partial charge in [-0.15, -0.1) is 0 Å². The number of rotatable bonds is 6. The Kier molecular flexibility index (Phi) is 4.72. The third-order valence-electron chi connectivity index (χ3n) is 4.02. The number of aromatic nitrogens is 2. The van der Waals surface area contributed by atoms with Crippen LogP contribution in [0.1, 0.15) is 12.8 Å². The van der Waals surface area contributed by atoms with Gasteiger partial charge in [0.1, 0.15) is 6.61 Å². The lowest BCUT2D eigenvalue weighted by Crippen LogP contribution is -2.50. The molecule has 1 saturated heterocycles. The summed E-state index contributed by atoms with van der Waals surface area (Å²) in [5.74, 6) is 1.97. The Bertz CT molecular complexity index is 513. The summed E-state index contributed by atoms with van der Waals surface area (Å²) in [6.07, 6.45) is 4.17. The van der Waals surface area contributed by atoms with Gasteiger partial charge in [0, 0.05) is 38.4 Å². The van der Waals surface area contributed by atoms with Crippen LogP contribution in [-0.2, 0) is 9.53 Å². The number of methoxy groups -OCH3 is 1. The van der Waals surface area contributed by atoms with Crippen LogP contribution in [0.2, 0.25) is 0 Å². The molecule has 1 aromatic heterocycles. The zero-order valence-corrected chi connectivity index (χ0v) is 12.9. The van der Waals surface area contributed by atoms with Crippen molar-refractivity contribution in [1.29, 1.82) is 0 Å². The van der Waals surface area contributed by atoms with E-state index in [2.05, 4.69) is 14.9 Å². The van der Waals surface area contributed by atoms with Gasteiger partial charge in [0.15, 0.2) is 0 Å². The van der Waals surface area contributed by atoms with E-state index in [-0.39, 0.29) is 12.5 Å².